The van der Waals surface area contributed by atoms with Crippen molar-refractivity contribution in [1.29, 1.82) is 0 Å². The van der Waals surface area contributed by atoms with E-state index in [0.717, 1.165) is 47.0 Å². The number of nitrogens with one attached hydrogen (secondary N) is 1. The number of fused-ring (bicyclic) bond motifs is 1. The van der Waals surface area contributed by atoms with Crippen LogP contribution in [0.3, 0.4) is 0 Å². The van der Waals surface area contributed by atoms with Gasteiger partial charge in [0.05, 0.1) is 16.7 Å². The number of nitrogens with zero attached hydrogens (tertiary/aromatic N) is 2. The minimum atomic E-state index is 0.594. The predicted molar refractivity (Wildman–Crippen MR) is 102 cm³/mol. The van der Waals surface area contributed by atoms with Gasteiger partial charge < -0.3 is 10.1 Å². The second-order valence-corrected chi connectivity index (χ2v) is 6.58. The summed E-state index contributed by atoms with van der Waals surface area (Å²) in [7, 11) is 0. The van der Waals surface area contributed by atoms with Crippen LogP contribution in [-0.4, -0.2) is 22.9 Å². The summed E-state index contributed by atoms with van der Waals surface area (Å²) >= 11 is 12.8. The fraction of sp³-hybridized carbons (Fsp3) is 0.211. The van der Waals surface area contributed by atoms with Gasteiger partial charge in [0.1, 0.15) is 22.9 Å². The van der Waals surface area contributed by atoms with E-state index >= 15 is 0 Å². The standard InChI is InChI=1S/C19H17Cl2N3O/c1-2-25-16-9-4-3-8-15(16)24-19-12(10-11-22-19)18(23-24)17-13(20)6-5-7-14(17)21/h3-9,22H,2,10-11H2,1H3. The molecule has 0 saturated heterocycles. The first-order chi connectivity index (χ1) is 12.2. The zero-order valence-corrected chi connectivity index (χ0v) is 15.2. The molecule has 25 heavy (non-hydrogen) atoms. The van der Waals surface area contributed by atoms with Gasteiger partial charge in [-0.3, -0.25) is 0 Å². The zero-order valence-electron chi connectivity index (χ0n) is 13.7. The lowest BCUT2D eigenvalue weighted by atomic mass is 10.1. The molecule has 2 aromatic carbocycles. The Bertz CT molecular complexity index is 916. The molecule has 1 N–H and O–H groups in total. The van der Waals surface area contributed by atoms with E-state index in [1.54, 1.807) is 0 Å². The third-order valence-electron chi connectivity index (χ3n) is 4.24. The van der Waals surface area contributed by atoms with E-state index in [0.29, 0.717) is 16.7 Å². The van der Waals surface area contributed by atoms with Crippen LogP contribution in [0.25, 0.3) is 16.9 Å². The van der Waals surface area contributed by atoms with Crippen LogP contribution in [0, 0.1) is 0 Å². The Morgan fingerprint density at radius 2 is 1.88 bits per heavy atom. The summed E-state index contributed by atoms with van der Waals surface area (Å²) in [5.74, 6) is 1.76. The van der Waals surface area contributed by atoms with Gasteiger partial charge in [0, 0.05) is 17.7 Å². The molecule has 0 fully saturated rings. The maximum Gasteiger partial charge on any atom is 0.145 e. The molecule has 0 aliphatic carbocycles. The van der Waals surface area contributed by atoms with Crippen molar-refractivity contribution in [2.75, 3.05) is 18.5 Å². The van der Waals surface area contributed by atoms with Crippen molar-refractivity contribution in [3.05, 3.63) is 58.1 Å². The molecule has 1 aliphatic heterocycles. The molecule has 2 heterocycles. The zero-order chi connectivity index (χ0) is 17.4. The number of halogens is 2. The van der Waals surface area contributed by atoms with Crippen LogP contribution >= 0.6 is 23.2 Å². The Balaban J connectivity index is 1.93. The maximum atomic E-state index is 6.42. The molecule has 0 spiro atoms. The van der Waals surface area contributed by atoms with E-state index in [9.17, 15) is 0 Å². The highest BCUT2D eigenvalue weighted by Crippen LogP contribution is 2.41. The number of aromatic nitrogens is 2. The molecule has 0 radical (unpaired) electrons. The average Bonchev–Trinajstić information content (AvgIpc) is 3.19. The molecule has 4 nitrogen and oxygen atoms in total. The van der Waals surface area contributed by atoms with Crippen molar-refractivity contribution in [1.82, 2.24) is 9.78 Å². The number of ether oxygens (including phenoxy) is 1. The predicted octanol–water partition coefficient (Wildman–Crippen LogP) is 5.21. The maximum absolute atomic E-state index is 6.42. The summed E-state index contributed by atoms with van der Waals surface area (Å²) in [5.41, 5.74) is 3.62. The Kier molecular flexibility index (Phi) is 4.32. The van der Waals surface area contributed by atoms with E-state index in [4.69, 9.17) is 33.0 Å². The number of benzene rings is 2. The topological polar surface area (TPSA) is 39.1 Å². The summed E-state index contributed by atoms with van der Waals surface area (Å²) in [5, 5.41) is 9.47. The molecule has 1 aliphatic rings. The summed E-state index contributed by atoms with van der Waals surface area (Å²) in [6.07, 6.45) is 0.878. The first-order valence-electron chi connectivity index (χ1n) is 8.23. The fourth-order valence-electron chi connectivity index (χ4n) is 3.18. The summed E-state index contributed by atoms with van der Waals surface area (Å²) < 4.78 is 7.66. The Hall–Kier alpha value is -2.17. The van der Waals surface area contributed by atoms with E-state index < -0.39 is 0 Å². The minimum absolute atomic E-state index is 0.594. The third-order valence-corrected chi connectivity index (χ3v) is 4.87. The molecule has 6 heteroatoms. The molecule has 0 amide bonds. The molecule has 0 unspecified atom stereocenters. The molecular formula is C19H17Cl2N3O. The SMILES string of the molecule is CCOc1ccccc1-n1nc(-c2c(Cl)cccc2Cl)c2c1NCC2. The molecule has 128 valence electrons. The number of para-hydroxylation sites is 2. The summed E-state index contributed by atoms with van der Waals surface area (Å²) in [6, 6.07) is 13.4. The van der Waals surface area contributed by atoms with Crippen molar-refractivity contribution in [3.63, 3.8) is 0 Å². The van der Waals surface area contributed by atoms with Gasteiger partial charge in [-0.1, -0.05) is 41.4 Å². The minimum Gasteiger partial charge on any atom is -0.492 e. The Morgan fingerprint density at radius 3 is 2.64 bits per heavy atom. The normalized spacial score (nSPS) is 12.8. The van der Waals surface area contributed by atoms with E-state index in [1.165, 1.54) is 0 Å². The number of rotatable bonds is 4. The highest BCUT2D eigenvalue weighted by molar-refractivity contribution is 6.39. The quantitative estimate of drug-likeness (QED) is 0.681. The van der Waals surface area contributed by atoms with Crippen LogP contribution in [0.15, 0.2) is 42.5 Å². The Morgan fingerprint density at radius 1 is 1.12 bits per heavy atom. The summed E-state index contributed by atoms with van der Waals surface area (Å²) in [6.45, 7) is 3.42. The Labute approximate surface area is 156 Å². The smallest absolute Gasteiger partial charge is 0.145 e. The van der Waals surface area contributed by atoms with E-state index in [1.807, 2.05) is 54.1 Å². The number of hydrogen-bond donors (Lipinski definition) is 1. The molecule has 0 saturated carbocycles. The first-order valence-corrected chi connectivity index (χ1v) is 8.98. The van der Waals surface area contributed by atoms with Crippen LogP contribution in [0.5, 0.6) is 5.75 Å². The van der Waals surface area contributed by atoms with Crippen LogP contribution in [-0.2, 0) is 6.42 Å². The van der Waals surface area contributed by atoms with Gasteiger partial charge in [0.25, 0.3) is 0 Å². The highest BCUT2D eigenvalue weighted by atomic mass is 35.5. The van der Waals surface area contributed by atoms with Gasteiger partial charge in [0.2, 0.25) is 0 Å². The highest BCUT2D eigenvalue weighted by Gasteiger charge is 2.27. The molecular weight excluding hydrogens is 357 g/mol. The molecule has 0 bridgehead atoms. The van der Waals surface area contributed by atoms with Gasteiger partial charge in [-0.05, 0) is 37.6 Å². The fourth-order valence-corrected chi connectivity index (χ4v) is 3.76. The average molecular weight is 374 g/mol. The second kappa shape index (κ2) is 6.62. The van der Waals surface area contributed by atoms with Crippen molar-refractivity contribution >= 4 is 29.0 Å². The van der Waals surface area contributed by atoms with Gasteiger partial charge in [-0.15, -0.1) is 0 Å². The van der Waals surface area contributed by atoms with Gasteiger partial charge >= 0.3 is 0 Å². The number of hydrogen-bond acceptors (Lipinski definition) is 3. The second-order valence-electron chi connectivity index (χ2n) is 5.76. The lowest BCUT2D eigenvalue weighted by molar-refractivity contribution is 0.338. The lowest BCUT2D eigenvalue weighted by Gasteiger charge is -2.12. The van der Waals surface area contributed by atoms with Crippen molar-refractivity contribution in [2.45, 2.75) is 13.3 Å². The largest absolute Gasteiger partial charge is 0.492 e. The van der Waals surface area contributed by atoms with E-state index in [2.05, 4.69) is 5.32 Å². The van der Waals surface area contributed by atoms with Crippen molar-refractivity contribution in [3.8, 4) is 22.7 Å². The van der Waals surface area contributed by atoms with Crippen LogP contribution < -0.4 is 10.1 Å². The van der Waals surface area contributed by atoms with Crippen LogP contribution in [0.1, 0.15) is 12.5 Å². The lowest BCUT2D eigenvalue weighted by Crippen LogP contribution is -2.06. The molecule has 3 aromatic rings. The van der Waals surface area contributed by atoms with E-state index in [-0.39, 0.29) is 0 Å². The first kappa shape index (κ1) is 16.3. The molecule has 1 aromatic heterocycles. The molecule has 0 atom stereocenters. The number of anilines is 1. The van der Waals surface area contributed by atoms with Crippen molar-refractivity contribution in [2.24, 2.45) is 0 Å². The van der Waals surface area contributed by atoms with Gasteiger partial charge in [-0.2, -0.15) is 5.10 Å². The van der Waals surface area contributed by atoms with Crippen LogP contribution in [0.2, 0.25) is 10.0 Å². The monoisotopic (exact) mass is 373 g/mol. The van der Waals surface area contributed by atoms with Crippen LogP contribution in [0.4, 0.5) is 5.82 Å². The molecule has 4 rings (SSSR count). The third kappa shape index (κ3) is 2.75. The van der Waals surface area contributed by atoms with Crippen molar-refractivity contribution < 1.29 is 4.74 Å². The summed E-state index contributed by atoms with van der Waals surface area (Å²) in [4.78, 5) is 0. The van der Waals surface area contributed by atoms with Gasteiger partial charge in [0.15, 0.2) is 0 Å². The van der Waals surface area contributed by atoms with Gasteiger partial charge in [-0.25, -0.2) is 4.68 Å².